The van der Waals surface area contributed by atoms with Gasteiger partial charge in [0.1, 0.15) is 18.0 Å². The van der Waals surface area contributed by atoms with Crippen molar-refractivity contribution in [3.8, 4) is 0 Å². The van der Waals surface area contributed by atoms with E-state index < -0.39 is 5.82 Å². The first-order chi connectivity index (χ1) is 11.0. The topological polar surface area (TPSA) is 65.6 Å². The molecule has 0 bridgehead atoms. The molecule has 3 rings (SSSR count). The van der Waals surface area contributed by atoms with Gasteiger partial charge in [-0.1, -0.05) is 13.8 Å². The lowest BCUT2D eigenvalue weighted by Crippen LogP contribution is -2.29. The van der Waals surface area contributed by atoms with Crippen LogP contribution in [0.15, 0.2) is 35.6 Å². The third-order valence-electron chi connectivity index (χ3n) is 3.82. The minimum atomic E-state index is -0.408. The van der Waals surface area contributed by atoms with Gasteiger partial charge in [0, 0.05) is 13.1 Å². The fraction of sp³-hybridized carbons (Fsp3) is 0.375. The highest BCUT2D eigenvalue weighted by Crippen LogP contribution is 2.23. The third-order valence-corrected chi connectivity index (χ3v) is 3.82. The lowest BCUT2D eigenvalue weighted by atomic mass is 10.0. The lowest BCUT2D eigenvalue weighted by Gasteiger charge is -2.20. The van der Waals surface area contributed by atoms with E-state index in [1.165, 1.54) is 30.9 Å². The van der Waals surface area contributed by atoms with Gasteiger partial charge in [-0.05, 0) is 24.5 Å². The summed E-state index contributed by atoms with van der Waals surface area (Å²) in [7, 11) is 1.80. The van der Waals surface area contributed by atoms with Crippen LogP contribution in [0.4, 0.5) is 4.39 Å². The predicted molar refractivity (Wildman–Crippen MR) is 84.6 cm³/mol. The number of hydrogen-bond donors (Lipinski definition) is 0. The van der Waals surface area contributed by atoms with Gasteiger partial charge in [-0.15, -0.1) is 0 Å². The van der Waals surface area contributed by atoms with E-state index in [2.05, 4.69) is 28.9 Å². The number of aryl methyl sites for hydroxylation is 1. The zero-order chi connectivity index (χ0) is 16.6. The Labute approximate surface area is 132 Å². The number of halogens is 1. The van der Waals surface area contributed by atoms with Crippen molar-refractivity contribution in [2.24, 2.45) is 13.0 Å². The summed E-state index contributed by atoms with van der Waals surface area (Å²) in [4.78, 5) is 21.3. The van der Waals surface area contributed by atoms with Crippen LogP contribution in [-0.4, -0.2) is 24.3 Å². The van der Waals surface area contributed by atoms with E-state index in [1.807, 2.05) is 0 Å². The summed E-state index contributed by atoms with van der Waals surface area (Å²) in [5, 5.41) is 4.49. The Bertz CT molecular complexity index is 899. The molecule has 1 aromatic carbocycles. The van der Waals surface area contributed by atoms with Crippen LogP contribution in [-0.2, 0) is 7.05 Å². The van der Waals surface area contributed by atoms with Crippen molar-refractivity contribution < 1.29 is 4.39 Å². The molecule has 7 heteroatoms. The summed E-state index contributed by atoms with van der Waals surface area (Å²) >= 11 is 0. The lowest BCUT2D eigenvalue weighted by molar-refractivity contribution is 0.411. The normalized spacial score (nSPS) is 12.9. The van der Waals surface area contributed by atoms with E-state index in [1.54, 1.807) is 16.3 Å². The maximum absolute atomic E-state index is 13.3. The van der Waals surface area contributed by atoms with Crippen LogP contribution in [0.3, 0.4) is 0 Å². The average Bonchev–Trinajstić information content (AvgIpc) is 2.91. The highest BCUT2D eigenvalue weighted by molar-refractivity contribution is 5.77. The van der Waals surface area contributed by atoms with Crippen molar-refractivity contribution in [2.75, 3.05) is 0 Å². The fourth-order valence-electron chi connectivity index (χ4n) is 2.73. The van der Waals surface area contributed by atoms with E-state index in [9.17, 15) is 9.18 Å². The number of rotatable bonds is 4. The van der Waals surface area contributed by atoms with Crippen LogP contribution >= 0.6 is 0 Å². The van der Waals surface area contributed by atoms with E-state index in [4.69, 9.17) is 0 Å². The second kappa shape index (κ2) is 5.91. The summed E-state index contributed by atoms with van der Waals surface area (Å²) < 4.78 is 16.5. The van der Waals surface area contributed by atoms with E-state index in [-0.39, 0.29) is 11.6 Å². The Morgan fingerprint density at radius 3 is 2.70 bits per heavy atom. The molecule has 0 amide bonds. The standard InChI is InChI=1S/C16H18FN5O/c1-10(2)6-14(15-18-8-20-21(15)3)22-9-19-13-7-11(17)4-5-12(13)16(22)23/h4-5,7-10,14H,6H2,1-3H3/t14-/m0/s1. The van der Waals surface area contributed by atoms with Crippen LogP contribution in [0.2, 0.25) is 0 Å². The quantitative estimate of drug-likeness (QED) is 0.741. The van der Waals surface area contributed by atoms with Gasteiger partial charge in [-0.3, -0.25) is 14.0 Å². The second-order valence-electron chi connectivity index (χ2n) is 6.01. The smallest absolute Gasteiger partial charge is 0.261 e. The Balaban J connectivity index is 2.18. The first kappa shape index (κ1) is 15.3. The van der Waals surface area contributed by atoms with Gasteiger partial charge in [-0.2, -0.15) is 5.10 Å². The molecule has 0 spiro atoms. The second-order valence-corrected chi connectivity index (χ2v) is 6.01. The highest BCUT2D eigenvalue weighted by atomic mass is 19.1. The Hall–Kier alpha value is -2.57. The molecule has 120 valence electrons. The van der Waals surface area contributed by atoms with Crippen LogP contribution < -0.4 is 5.56 Å². The average molecular weight is 315 g/mol. The highest BCUT2D eigenvalue weighted by Gasteiger charge is 2.22. The molecular formula is C16H18FN5O. The van der Waals surface area contributed by atoms with Gasteiger partial charge < -0.3 is 0 Å². The molecule has 0 saturated heterocycles. The van der Waals surface area contributed by atoms with Crippen LogP contribution in [0.1, 0.15) is 32.1 Å². The molecule has 23 heavy (non-hydrogen) atoms. The van der Waals surface area contributed by atoms with E-state index in [0.29, 0.717) is 22.6 Å². The van der Waals surface area contributed by atoms with Crippen LogP contribution in [0.25, 0.3) is 10.9 Å². The molecule has 0 radical (unpaired) electrons. The SMILES string of the molecule is CC(C)C[C@@H](c1ncnn1C)n1cnc2cc(F)ccc2c1=O. The molecule has 0 aliphatic heterocycles. The van der Waals surface area contributed by atoms with Crippen molar-refractivity contribution in [3.05, 3.63) is 52.8 Å². The molecule has 2 aromatic heterocycles. The molecule has 0 fully saturated rings. The molecule has 6 nitrogen and oxygen atoms in total. The zero-order valence-corrected chi connectivity index (χ0v) is 13.3. The first-order valence-electron chi connectivity index (χ1n) is 7.47. The molecule has 0 N–H and O–H groups in total. The monoisotopic (exact) mass is 315 g/mol. The van der Waals surface area contributed by atoms with Crippen LogP contribution in [0.5, 0.6) is 0 Å². The van der Waals surface area contributed by atoms with Crippen molar-refractivity contribution >= 4 is 10.9 Å². The van der Waals surface area contributed by atoms with Gasteiger partial charge in [0.05, 0.1) is 23.3 Å². The molecule has 1 atom stereocenters. The summed E-state index contributed by atoms with van der Waals surface area (Å²) in [6.07, 6.45) is 3.66. The molecule has 3 aromatic rings. The van der Waals surface area contributed by atoms with Crippen molar-refractivity contribution in [1.82, 2.24) is 24.3 Å². The first-order valence-corrected chi connectivity index (χ1v) is 7.47. The molecule has 2 heterocycles. The molecule has 0 unspecified atom stereocenters. The Kier molecular flexibility index (Phi) is 3.94. The maximum atomic E-state index is 13.3. The van der Waals surface area contributed by atoms with Crippen molar-refractivity contribution in [2.45, 2.75) is 26.3 Å². The van der Waals surface area contributed by atoms with Gasteiger partial charge in [0.2, 0.25) is 0 Å². The van der Waals surface area contributed by atoms with Gasteiger partial charge in [0.15, 0.2) is 0 Å². The molecule has 0 aliphatic carbocycles. The number of aromatic nitrogens is 5. The number of fused-ring (bicyclic) bond motifs is 1. The van der Waals surface area contributed by atoms with Crippen molar-refractivity contribution in [3.63, 3.8) is 0 Å². The number of nitrogens with zero attached hydrogens (tertiary/aromatic N) is 5. The fourth-order valence-corrected chi connectivity index (χ4v) is 2.73. The molecule has 0 aliphatic rings. The van der Waals surface area contributed by atoms with Gasteiger partial charge in [0.25, 0.3) is 5.56 Å². The summed E-state index contributed by atoms with van der Waals surface area (Å²) in [6, 6.07) is 3.74. The summed E-state index contributed by atoms with van der Waals surface area (Å²) in [5.74, 6) is 0.644. The van der Waals surface area contributed by atoms with Gasteiger partial charge >= 0.3 is 0 Å². The Morgan fingerprint density at radius 2 is 2.04 bits per heavy atom. The number of benzene rings is 1. The minimum Gasteiger partial charge on any atom is -0.288 e. The van der Waals surface area contributed by atoms with Gasteiger partial charge in [-0.25, -0.2) is 14.4 Å². The molecular weight excluding hydrogens is 297 g/mol. The van der Waals surface area contributed by atoms with Crippen molar-refractivity contribution in [1.29, 1.82) is 0 Å². The van der Waals surface area contributed by atoms with Crippen LogP contribution in [0, 0.1) is 11.7 Å². The van der Waals surface area contributed by atoms with E-state index in [0.717, 1.165) is 6.42 Å². The summed E-state index contributed by atoms with van der Waals surface area (Å²) in [5.41, 5.74) is 0.149. The Morgan fingerprint density at radius 1 is 1.26 bits per heavy atom. The maximum Gasteiger partial charge on any atom is 0.261 e. The minimum absolute atomic E-state index is 0.205. The summed E-state index contributed by atoms with van der Waals surface area (Å²) in [6.45, 7) is 4.16. The number of hydrogen-bond acceptors (Lipinski definition) is 4. The third kappa shape index (κ3) is 2.86. The largest absolute Gasteiger partial charge is 0.288 e. The van der Waals surface area contributed by atoms with E-state index >= 15 is 0 Å². The molecule has 0 saturated carbocycles. The predicted octanol–water partition coefficient (Wildman–Crippen LogP) is 2.30. The zero-order valence-electron chi connectivity index (χ0n) is 13.3.